The number of esters is 1. The number of hydrogen-bond donors (Lipinski definition) is 2. The number of rotatable bonds is 8. The van der Waals surface area contributed by atoms with Gasteiger partial charge in [-0.15, -0.1) is 11.3 Å². The molecular formula is C21H26N4O6S2. The van der Waals surface area contributed by atoms with Gasteiger partial charge in [-0.05, 0) is 49.6 Å². The highest BCUT2D eigenvalue weighted by Gasteiger charge is 2.32. The van der Waals surface area contributed by atoms with Gasteiger partial charge in [-0.25, -0.2) is 13.2 Å². The van der Waals surface area contributed by atoms with E-state index in [4.69, 9.17) is 10.5 Å². The van der Waals surface area contributed by atoms with Crippen LogP contribution in [0.3, 0.4) is 0 Å². The van der Waals surface area contributed by atoms with E-state index in [0.29, 0.717) is 18.1 Å². The molecule has 10 nitrogen and oxygen atoms in total. The van der Waals surface area contributed by atoms with Crippen molar-refractivity contribution in [2.24, 2.45) is 5.73 Å². The van der Waals surface area contributed by atoms with Gasteiger partial charge in [0.1, 0.15) is 5.00 Å². The maximum absolute atomic E-state index is 13.0. The summed E-state index contributed by atoms with van der Waals surface area (Å²) in [5, 5.41) is 4.79. The van der Waals surface area contributed by atoms with Crippen molar-refractivity contribution in [3.63, 3.8) is 0 Å². The average molecular weight is 495 g/mol. The lowest BCUT2D eigenvalue weighted by Crippen LogP contribution is -2.53. The molecule has 2 heterocycles. The molecular weight excluding hydrogens is 468 g/mol. The van der Waals surface area contributed by atoms with E-state index in [0.717, 1.165) is 0 Å². The molecule has 1 aromatic heterocycles. The van der Waals surface area contributed by atoms with Crippen LogP contribution in [-0.4, -0.2) is 74.2 Å². The monoisotopic (exact) mass is 494 g/mol. The van der Waals surface area contributed by atoms with Gasteiger partial charge >= 0.3 is 5.97 Å². The lowest BCUT2D eigenvalue weighted by Gasteiger charge is -2.36. The summed E-state index contributed by atoms with van der Waals surface area (Å²) in [6, 6.07) is 6.66. The number of anilines is 1. The fraction of sp³-hybridized carbons (Fsp3) is 0.381. The van der Waals surface area contributed by atoms with Crippen LogP contribution in [-0.2, 0) is 19.6 Å². The lowest BCUT2D eigenvalue weighted by molar-refractivity contribution is -0.121. The van der Waals surface area contributed by atoms with Crippen LogP contribution < -0.4 is 11.1 Å². The van der Waals surface area contributed by atoms with Crippen LogP contribution in [0.4, 0.5) is 5.00 Å². The highest BCUT2D eigenvalue weighted by atomic mass is 32.2. The van der Waals surface area contributed by atoms with E-state index in [2.05, 4.69) is 5.32 Å². The predicted molar refractivity (Wildman–Crippen MR) is 124 cm³/mol. The second-order valence-corrected chi connectivity index (χ2v) is 10.2. The molecule has 2 aromatic rings. The molecule has 2 amide bonds. The van der Waals surface area contributed by atoms with Crippen molar-refractivity contribution in [2.45, 2.75) is 24.8 Å². The first-order chi connectivity index (χ1) is 15.6. The summed E-state index contributed by atoms with van der Waals surface area (Å²) in [5.74, 6) is -1.42. The van der Waals surface area contributed by atoms with Crippen molar-refractivity contribution in [1.29, 1.82) is 0 Å². The number of piperazine rings is 1. The Bertz CT molecular complexity index is 1120. The Kier molecular flexibility index (Phi) is 7.84. The maximum Gasteiger partial charge on any atom is 0.338 e. The minimum Gasteiger partial charge on any atom is -0.462 e. The first-order valence-electron chi connectivity index (χ1n) is 10.3. The van der Waals surface area contributed by atoms with E-state index in [-0.39, 0.29) is 41.6 Å². The molecule has 1 aliphatic rings. The second-order valence-electron chi connectivity index (χ2n) is 7.38. The van der Waals surface area contributed by atoms with Crippen molar-refractivity contribution in [3.05, 3.63) is 46.8 Å². The third-order valence-corrected chi connectivity index (χ3v) is 8.11. The zero-order chi connectivity index (χ0) is 24.2. The van der Waals surface area contributed by atoms with Crippen molar-refractivity contribution < 1.29 is 27.5 Å². The van der Waals surface area contributed by atoms with E-state index in [9.17, 15) is 22.8 Å². The molecule has 3 N–H and O–H groups in total. The minimum atomic E-state index is -3.74. The Labute approximate surface area is 196 Å². The molecule has 178 valence electrons. The average Bonchev–Trinajstić information content (AvgIpc) is 3.27. The van der Waals surface area contributed by atoms with Crippen molar-refractivity contribution in [3.8, 4) is 0 Å². The predicted octanol–water partition coefficient (Wildman–Crippen LogP) is 1.36. The zero-order valence-electron chi connectivity index (χ0n) is 18.3. The molecule has 1 aromatic carbocycles. The van der Waals surface area contributed by atoms with Crippen LogP contribution in [0.15, 0.2) is 40.6 Å². The zero-order valence-corrected chi connectivity index (χ0v) is 19.9. The number of carbonyl (C=O) groups is 3. The lowest BCUT2D eigenvalue weighted by atomic mass is 10.2. The van der Waals surface area contributed by atoms with Gasteiger partial charge in [0.25, 0.3) is 5.91 Å². The van der Waals surface area contributed by atoms with Gasteiger partial charge in [0.15, 0.2) is 0 Å². The molecule has 1 aliphatic heterocycles. The Balaban J connectivity index is 1.60. The van der Waals surface area contributed by atoms with E-state index in [1.54, 1.807) is 25.3 Å². The SMILES string of the molecule is CCOC(=O)c1ccc(S(=O)(=O)N2CCN([C@@H](C)C(=O)Nc3sccc3C(N)=O)CC2)cc1. The van der Waals surface area contributed by atoms with Crippen molar-refractivity contribution in [2.75, 3.05) is 38.1 Å². The summed E-state index contributed by atoms with van der Waals surface area (Å²) in [6.07, 6.45) is 0. The van der Waals surface area contributed by atoms with E-state index in [1.165, 1.54) is 39.9 Å². The van der Waals surface area contributed by atoms with Gasteiger partial charge in [-0.2, -0.15) is 4.31 Å². The summed E-state index contributed by atoms with van der Waals surface area (Å²) in [7, 11) is -3.74. The molecule has 3 rings (SSSR count). The minimum absolute atomic E-state index is 0.0893. The van der Waals surface area contributed by atoms with Gasteiger partial charge in [-0.1, -0.05) is 0 Å². The number of carbonyl (C=O) groups excluding carboxylic acids is 3. The molecule has 1 saturated heterocycles. The number of nitrogens with zero attached hydrogens (tertiary/aromatic N) is 2. The molecule has 1 fully saturated rings. The van der Waals surface area contributed by atoms with Crippen LogP contribution in [0.5, 0.6) is 0 Å². The third-order valence-electron chi connectivity index (χ3n) is 5.37. The van der Waals surface area contributed by atoms with Gasteiger partial charge in [0, 0.05) is 26.2 Å². The molecule has 0 unspecified atom stereocenters. The summed E-state index contributed by atoms with van der Waals surface area (Å²) >= 11 is 1.21. The molecule has 1 atom stereocenters. The summed E-state index contributed by atoms with van der Waals surface area (Å²) in [4.78, 5) is 37.8. The number of thiophene rings is 1. The highest BCUT2D eigenvalue weighted by molar-refractivity contribution is 7.89. The fourth-order valence-corrected chi connectivity index (χ4v) is 5.66. The van der Waals surface area contributed by atoms with E-state index in [1.807, 2.05) is 4.90 Å². The summed E-state index contributed by atoms with van der Waals surface area (Å²) in [6.45, 7) is 4.81. The number of primary amides is 1. The van der Waals surface area contributed by atoms with E-state index < -0.39 is 27.9 Å². The Morgan fingerprint density at radius 2 is 1.76 bits per heavy atom. The molecule has 33 heavy (non-hydrogen) atoms. The molecule has 0 spiro atoms. The van der Waals surface area contributed by atoms with Gasteiger partial charge < -0.3 is 15.8 Å². The standard InChI is InChI=1S/C21H26N4O6S2/c1-3-31-21(28)15-4-6-16(7-5-15)33(29,30)25-11-9-24(10-12-25)14(2)19(27)23-20-17(18(22)26)8-13-32-20/h4-8,13-14H,3,9-12H2,1-2H3,(H2,22,26)(H,23,27)/t14-/m0/s1. The number of hydrogen-bond acceptors (Lipinski definition) is 8. The number of sulfonamides is 1. The van der Waals surface area contributed by atoms with E-state index >= 15 is 0 Å². The first kappa shape index (κ1) is 24.8. The first-order valence-corrected chi connectivity index (χ1v) is 12.7. The van der Waals surface area contributed by atoms with Crippen molar-refractivity contribution >= 4 is 44.1 Å². The second kappa shape index (κ2) is 10.4. The maximum atomic E-state index is 13.0. The Morgan fingerprint density at radius 3 is 2.33 bits per heavy atom. The molecule has 0 aliphatic carbocycles. The summed E-state index contributed by atoms with van der Waals surface area (Å²) < 4.78 is 32.2. The smallest absolute Gasteiger partial charge is 0.338 e. The Morgan fingerprint density at radius 1 is 1.12 bits per heavy atom. The summed E-state index contributed by atoms with van der Waals surface area (Å²) in [5.41, 5.74) is 5.85. The van der Waals surface area contributed by atoms with Crippen LogP contribution in [0, 0.1) is 0 Å². The quantitative estimate of drug-likeness (QED) is 0.528. The van der Waals surface area contributed by atoms with Gasteiger partial charge in [-0.3, -0.25) is 14.5 Å². The molecule has 0 bridgehead atoms. The number of nitrogens with two attached hydrogens (primary N) is 1. The largest absolute Gasteiger partial charge is 0.462 e. The topological polar surface area (TPSA) is 139 Å². The number of nitrogens with one attached hydrogen (secondary N) is 1. The number of amides is 2. The third kappa shape index (κ3) is 5.58. The highest BCUT2D eigenvalue weighted by Crippen LogP contribution is 2.24. The molecule has 0 saturated carbocycles. The fourth-order valence-electron chi connectivity index (χ4n) is 3.44. The van der Waals surface area contributed by atoms with Crippen LogP contribution in [0.1, 0.15) is 34.6 Å². The molecule has 0 radical (unpaired) electrons. The van der Waals surface area contributed by atoms with Crippen LogP contribution in [0.25, 0.3) is 0 Å². The van der Waals surface area contributed by atoms with Crippen molar-refractivity contribution in [1.82, 2.24) is 9.21 Å². The Hall–Kier alpha value is -2.80. The van der Waals surface area contributed by atoms with Gasteiger partial charge in [0.2, 0.25) is 15.9 Å². The number of ether oxygens (including phenoxy) is 1. The van der Waals surface area contributed by atoms with Crippen LogP contribution in [0.2, 0.25) is 0 Å². The van der Waals surface area contributed by atoms with Gasteiger partial charge in [0.05, 0.1) is 28.7 Å². The number of benzene rings is 1. The molecule has 12 heteroatoms. The van der Waals surface area contributed by atoms with Crippen LogP contribution >= 0.6 is 11.3 Å². The normalized spacial score (nSPS) is 16.2.